The molecule has 1 aromatic carbocycles. The predicted octanol–water partition coefficient (Wildman–Crippen LogP) is 1.52. The number of nitrogens with one attached hydrogen (secondary N) is 1. The fraction of sp³-hybridized carbons (Fsp3) is 0.100. The number of aromatic nitrogens is 2. The van der Waals surface area contributed by atoms with Crippen LogP contribution in [0.15, 0.2) is 35.1 Å². The summed E-state index contributed by atoms with van der Waals surface area (Å²) < 4.78 is 14.0. The van der Waals surface area contributed by atoms with Crippen LogP contribution < -0.4 is 5.56 Å². The largest absolute Gasteiger partial charge is 0.295 e. The van der Waals surface area contributed by atoms with E-state index < -0.39 is 0 Å². The van der Waals surface area contributed by atoms with E-state index in [9.17, 15) is 9.18 Å². The van der Waals surface area contributed by atoms with E-state index in [-0.39, 0.29) is 11.4 Å². The van der Waals surface area contributed by atoms with Gasteiger partial charge in [-0.05, 0) is 29.8 Å². The van der Waals surface area contributed by atoms with Crippen LogP contribution in [0.4, 0.5) is 4.39 Å². The SMILES string of the molecule is Cn1[nH]c(-c2ccc(F)cc2)cc1=O. The Balaban J connectivity index is 2.49. The molecule has 0 unspecified atom stereocenters. The maximum absolute atomic E-state index is 12.6. The van der Waals surface area contributed by atoms with Gasteiger partial charge in [0.1, 0.15) is 5.82 Å². The first-order valence-corrected chi connectivity index (χ1v) is 4.19. The molecule has 2 rings (SSSR count). The zero-order valence-electron chi connectivity index (χ0n) is 7.62. The van der Waals surface area contributed by atoms with Crippen LogP contribution in [0.25, 0.3) is 11.3 Å². The van der Waals surface area contributed by atoms with Gasteiger partial charge in [0.15, 0.2) is 0 Å². The third-order valence-electron chi connectivity index (χ3n) is 2.04. The van der Waals surface area contributed by atoms with Gasteiger partial charge in [0.2, 0.25) is 0 Å². The fourth-order valence-corrected chi connectivity index (χ4v) is 1.27. The molecule has 0 atom stereocenters. The van der Waals surface area contributed by atoms with Crippen molar-refractivity contribution in [2.45, 2.75) is 0 Å². The van der Waals surface area contributed by atoms with E-state index in [1.165, 1.54) is 22.9 Å². The highest BCUT2D eigenvalue weighted by Crippen LogP contribution is 2.14. The second kappa shape index (κ2) is 3.14. The first-order chi connectivity index (χ1) is 6.66. The van der Waals surface area contributed by atoms with Crippen LogP contribution >= 0.6 is 0 Å². The van der Waals surface area contributed by atoms with Gasteiger partial charge in [0, 0.05) is 13.1 Å². The van der Waals surface area contributed by atoms with Crippen LogP contribution in [0.5, 0.6) is 0 Å². The third-order valence-corrected chi connectivity index (χ3v) is 2.04. The average Bonchev–Trinajstić information content (AvgIpc) is 2.48. The van der Waals surface area contributed by atoms with E-state index in [0.29, 0.717) is 5.69 Å². The Morgan fingerprint density at radius 2 is 1.93 bits per heavy atom. The third kappa shape index (κ3) is 1.46. The smallest absolute Gasteiger partial charge is 0.266 e. The van der Waals surface area contributed by atoms with Crippen molar-refractivity contribution in [2.24, 2.45) is 7.05 Å². The molecule has 2 aromatic rings. The Labute approximate surface area is 79.8 Å². The quantitative estimate of drug-likeness (QED) is 0.730. The first kappa shape index (κ1) is 8.74. The van der Waals surface area contributed by atoms with E-state index in [4.69, 9.17) is 0 Å². The standard InChI is InChI=1S/C10H9FN2O/c1-13-10(14)6-9(12-13)7-2-4-8(11)5-3-7/h2-6,12H,1H3. The second-order valence-corrected chi connectivity index (χ2v) is 3.07. The van der Waals surface area contributed by atoms with E-state index in [0.717, 1.165) is 5.56 Å². The van der Waals surface area contributed by atoms with Gasteiger partial charge in [0.25, 0.3) is 5.56 Å². The zero-order chi connectivity index (χ0) is 10.1. The number of hydrogen-bond donors (Lipinski definition) is 1. The summed E-state index contributed by atoms with van der Waals surface area (Å²) in [7, 11) is 1.63. The van der Waals surface area contributed by atoms with Crippen molar-refractivity contribution in [1.29, 1.82) is 0 Å². The van der Waals surface area contributed by atoms with Gasteiger partial charge in [-0.25, -0.2) is 4.39 Å². The highest BCUT2D eigenvalue weighted by molar-refractivity contribution is 5.58. The van der Waals surface area contributed by atoms with Crippen molar-refractivity contribution in [3.05, 3.63) is 46.5 Å². The van der Waals surface area contributed by atoms with Gasteiger partial charge in [-0.15, -0.1) is 0 Å². The van der Waals surface area contributed by atoms with Crippen molar-refractivity contribution in [3.63, 3.8) is 0 Å². The first-order valence-electron chi connectivity index (χ1n) is 4.19. The van der Waals surface area contributed by atoms with E-state index in [1.807, 2.05) is 0 Å². The van der Waals surface area contributed by atoms with Crippen molar-refractivity contribution in [2.75, 3.05) is 0 Å². The lowest BCUT2D eigenvalue weighted by molar-refractivity contribution is 0.628. The molecule has 14 heavy (non-hydrogen) atoms. The van der Waals surface area contributed by atoms with E-state index in [2.05, 4.69) is 5.10 Å². The Kier molecular flexibility index (Phi) is 1.96. The van der Waals surface area contributed by atoms with Gasteiger partial charge in [-0.3, -0.25) is 14.6 Å². The van der Waals surface area contributed by atoms with Gasteiger partial charge in [-0.1, -0.05) is 0 Å². The molecule has 0 amide bonds. The van der Waals surface area contributed by atoms with Crippen LogP contribution in [-0.2, 0) is 7.05 Å². The van der Waals surface area contributed by atoms with E-state index >= 15 is 0 Å². The van der Waals surface area contributed by atoms with Gasteiger partial charge < -0.3 is 0 Å². The Morgan fingerprint density at radius 3 is 2.43 bits per heavy atom. The number of rotatable bonds is 1. The highest BCUT2D eigenvalue weighted by atomic mass is 19.1. The number of halogens is 1. The zero-order valence-corrected chi connectivity index (χ0v) is 7.62. The molecule has 0 bridgehead atoms. The van der Waals surface area contributed by atoms with Crippen LogP contribution in [0.1, 0.15) is 0 Å². The van der Waals surface area contributed by atoms with Crippen molar-refractivity contribution < 1.29 is 4.39 Å². The molecule has 0 saturated heterocycles. The monoisotopic (exact) mass is 192 g/mol. The lowest BCUT2D eigenvalue weighted by Crippen LogP contribution is -2.09. The van der Waals surface area contributed by atoms with Crippen molar-refractivity contribution in [3.8, 4) is 11.3 Å². The van der Waals surface area contributed by atoms with Crippen LogP contribution in [0, 0.1) is 5.82 Å². The molecule has 0 saturated carbocycles. The summed E-state index contributed by atoms with van der Waals surface area (Å²) in [5.41, 5.74) is 1.38. The lowest BCUT2D eigenvalue weighted by atomic mass is 10.1. The molecule has 3 nitrogen and oxygen atoms in total. The fourth-order valence-electron chi connectivity index (χ4n) is 1.27. The van der Waals surface area contributed by atoms with E-state index in [1.54, 1.807) is 19.2 Å². The normalized spacial score (nSPS) is 10.4. The molecule has 0 aliphatic carbocycles. The number of hydrogen-bond acceptors (Lipinski definition) is 1. The molecule has 0 aliphatic rings. The second-order valence-electron chi connectivity index (χ2n) is 3.07. The highest BCUT2D eigenvalue weighted by Gasteiger charge is 2.02. The molecule has 1 N–H and O–H groups in total. The van der Waals surface area contributed by atoms with Crippen molar-refractivity contribution >= 4 is 0 Å². The molecule has 0 fully saturated rings. The topological polar surface area (TPSA) is 37.8 Å². The van der Waals surface area contributed by atoms with Gasteiger partial charge >= 0.3 is 0 Å². The molecule has 1 aromatic heterocycles. The summed E-state index contributed by atoms with van der Waals surface area (Å²) in [5.74, 6) is -0.285. The number of aryl methyl sites for hydroxylation is 1. The summed E-state index contributed by atoms with van der Waals surface area (Å²) in [6.45, 7) is 0. The maximum Gasteiger partial charge on any atom is 0.266 e. The van der Waals surface area contributed by atoms with Gasteiger partial charge in [-0.2, -0.15) is 0 Å². The van der Waals surface area contributed by atoms with Crippen LogP contribution in [0.3, 0.4) is 0 Å². The van der Waals surface area contributed by atoms with Gasteiger partial charge in [0.05, 0.1) is 5.69 Å². The number of H-pyrrole nitrogens is 1. The molecule has 4 heteroatoms. The van der Waals surface area contributed by atoms with Crippen LogP contribution in [-0.4, -0.2) is 9.78 Å². The Morgan fingerprint density at radius 1 is 1.29 bits per heavy atom. The molecular weight excluding hydrogens is 183 g/mol. The summed E-state index contributed by atoms with van der Waals surface area (Å²) in [5, 5.41) is 2.86. The minimum Gasteiger partial charge on any atom is -0.295 e. The lowest BCUT2D eigenvalue weighted by Gasteiger charge is -1.96. The van der Waals surface area contributed by atoms with Crippen LogP contribution in [0.2, 0.25) is 0 Å². The average molecular weight is 192 g/mol. The number of nitrogens with zero attached hydrogens (tertiary/aromatic N) is 1. The predicted molar refractivity (Wildman–Crippen MR) is 51.4 cm³/mol. The molecular formula is C10H9FN2O. The van der Waals surface area contributed by atoms with Crippen molar-refractivity contribution in [1.82, 2.24) is 9.78 Å². The summed E-state index contributed by atoms with van der Waals surface area (Å²) in [6, 6.07) is 7.45. The molecule has 0 radical (unpaired) electrons. The molecule has 0 spiro atoms. The summed E-state index contributed by atoms with van der Waals surface area (Å²) in [6.07, 6.45) is 0. The Hall–Kier alpha value is -1.84. The Bertz CT molecular complexity index is 496. The number of benzene rings is 1. The molecule has 0 aliphatic heterocycles. The molecule has 72 valence electrons. The summed E-state index contributed by atoms with van der Waals surface area (Å²) in [4.78, 5) is 11.1. The minimum absolute atomic E-state index is 0.107. The molecule has 1 heterocycles. The minimum atomic E-state index is -0.285. The maximum atomic E-state index is 12.6. The number of aromatic amines is 1. The summed E-state index contributed by atoms with van der Waals surface area (Å²) >= 11 is 0.